The van der Waals surface area contributed by atoms with Gasteiger partial charge in [0.2, 0.25) is 0 Å². The van der Waals surface area contributed by atoms with Gasteiger partial charge >= 0.3 is 6.18 Å². The first kappa shape index (κ1) is 13.8. The van der Waals surface area contributed by atoms with Crippen LogP contribution < -0.4 is 11.5 Å². The van der Waals surface area contributed by atoms with Crippen LogP contribution in [0.5, 0.6) is 0 Å². The number of nitrogens with zero attached hydrogens (tertiary/aromatic N) is 1. The van der Waals surface area contributed by atoms with Crippen LogP contribution in [0.15, 0.2) is 12.3 Å². The summed E-state index contributed by atoms with van der Waals surface area (Å²) >= 11 is 0. The van der Waals surface area contributed by atoms with Crippen LogP contribution in [0.4, 0.5) is 19.0 Å². The van der Waals surface area contributed by atoms with Crippen molar-refractivity contribution in [2.45, 2.75) is 38.4 Å². The van der Waals surface area contributed by atoms with Gasteiger partial charge < -0.3 is 11.5 Å². The summed E-state index contributed by atoms with van der Waals surface area (Å²) in [4.78, 5) is 3.57. The lowest BCUT2D eigenvalue weighted by Crippen LogP contribution is -2.15. The van der Waals surface area contributed by atoms with Gasteiger partial charge in [-0.3, -0.25) is 0 Å². The van der Waals surface area contributed by atoms with E-state index in [4.69, 9.17) is 11.5 Å². The largest absolute Gasteiger partial charge is 0.419 e. The fourth-order valence-corrected chi connectivity index (χ4v) is 1.51. The maximum absolute atomic E-state index is 12.5. The van der Waals surface area contributed by atoms with E-state index in [1.807, 2.05) is 6.92 Å². The highest BCUT2D eigenvalue weighted by atomic mass is 19.4. The number of halogens is 3. The Kier molecular flexibility index (Phi) is 4.34. The van der Waals surface area contributed by atoms with E-state index in [1.165, 1.54) is 6.20 Å². The molecule has 0 radical (unpaired) electrons. The highest BCUT2D eigenvalue weighted by molar-refractivity contribution is 5.42. The number of nitrogens with two attached hydrogens (primary N) is 2. The zero-order valence-corrected chi connectivity index (χ0v) is 9.59. The fourth-order valence-electron chi connectivity index (χ4n) is 1.51. The second kappa shape index (κ2) is 5.35. The van der Waals surface area contributed by atoms with Crippen LogP contribution in [0.3, 0.4) is 0 Å². The quantitative estimate of drug-likeness (QED) is 0.858. The van der Waals surface area contributed by atoms with Crippen molar-refractivity contribution in [1.82, 2.24) is 4.98 Å². The monoisotopic (exact) mass is 247 g/mol. The maximum Gasteiger partial charge on any atom is 0.419 e. The van der Waals surface area contributed by atoms with Crippen LogP contribution in [0.2, 0.25) is 0 Å². The molecule has 1 aromatic rings. The molecule has 1 aromatic heterocycles. The molecule has 0 bridgehead atoms. The van der Waals surface area contributed by atoms with E-state index in [0.29, 0.717) is 12.0 Å². The molecule has 96 valence electrons. The molecule has 0 unspecified atom stereocenters. The number of pyridine rings is 1. The van der Waals surface area contributed by atoms with Crippen molar-refractivity contribution in [2.24, 2.45) is 5.73 Å². The van der Waals surface area contributed by atoms with Crippen LogP contribution in [0.25, 0.3) is 0 Å². The van der Waals surface area contributed by atoms with E-state index < -0.39 is 17.6 Å². The number of aromatic nitrogens is 1. The first-order valence-electron chi connectivity index (χ1n) is 5.38. The van der Waals surface area contributed by atoms with E-state index in [9.17, 15) is 13.2 Å². The van der Waals surface area contributed by atoms with E-state index in [-0.39, 0.29) is 6.04 Å². The van der Waals surface area contributed by atoms with Gasteiger partial charge in [0, 0.05) is 12.2 Å². The van der Waals surface area contributed by atoms with Gasteiger partial charge in [-0.2, -0.15) is 13.2 Å². The van der Waals surface area contributed by atoms with Crippen LogP contribution in [-0.4, -0.2) is 11.0 Å². The molecular weight excluding hydrogens is 231 g/mol. The third-order valence-corrected chi connectivity index (χ3v) is 2.41. The van der Waals surface area contributed by atoms with Crippen LogP contribution in [0, 0.1) is 0 Å². The fraction of sp³-hybridized carbons (Fsp3) is 0.545. The minimum absolute atomic E-state index is 0.0545. The summed E-state index contributed by atoms with van der Waals surface area (Å²) in [6.45, 7) is 1.86. The molecule has 0 amide bonds. The number of anilines is 1. The minimum atomic E-state index is -4.45. The Morgan fingerprint density at radius 1 is 1.41 bits per heavy atom. The summed E-state index contributed by atoms with van der Waals surface area (Å²) in [5.74, 6) is -0.478. The Morgan fingerprint density at radius 3 is 2.59 bits per heavy atom. The highest BCUT2D eigenvalue weighted by Crippen LogP contribution is 2.33. The van der Waals surface area contributed by atoms with Gasteiger partial charge in [0.05, 0.1) is 5.56 Å². The molecule has 3 nitrogen and oxygen atoms in total. The summed E-state index contributed by atoms with van der Waals surface area (Å²) in [5.41, 5.74) is 10.4. The van der Waals surface area contributed by atoms with Crippen molar-refractivity contribution in [3.8, 4) is 0 Å². The molecule has 0 fully saturated rings. The van der Waals surface area contributed by atoms with E-state index in [2.05, 4.69) is 4.98 Å². The molecule has 0 saturated heterocycles. The van der Waals surface area contributed by atoms with Crippen LogP contribution in [-0.2, 0) is 12.6 Å². The predicted molar refractivity (Wildman–Crippen MR) is 60.2 cm³/mol. The van der Waals surface area contributed by atoms with E-state index in [1.54, 1.807) is 0 Å². The van der Waals surface area contributed by atoms with Crippen LogP contribution in [0.1, 0.15) is 30.9 Å². The highest BCUT2D eigenvalue weighted by Gasteiger charge is 2.33. The van der Waals surface area contributed by atoms with Crippen LogP contribution >= 0.6 is 0 Å². The zero-order valence-electron chi connectivity index (χ0n) is 9.59. The Morgan fingerprint density at radius 2 is 2.06 bits per heavy atom. The number of alkyl halides is 3. The van der Waals surface area contributed by atoms with Crippen molar-refractivity contribution in [3.63, 3.8) is 0 Å². The molecule has 1 rings (SSSR count). The molecule has 17 heavy (non-hydrogen) atoms. The minimum Gasteiger partial charge on any atom is -0.383 e. The SMILES string of the molecule is C[C@H](N)CCCc1cnc(N)c(C(F)(F)F)c1. The molecule has 4 N–H and O–H groups in total. The van der Waals surface area contributed by atoms with Gasteiger partial charge in [-0.05, 0) is 37.8 Å². The maximum atomic E-state index is 12.5. The zero-order chi connectivity index (χ0) is 13.1. The van der Waals surface area contributed by atoms with Crippen molar-refractivity contribution in [2.75, 3.05) is 5.73 Å². The van der Waals surface area contributed by atoms with E-state index in [0.717, 1.165) is 18.9 Å². The van der Waals surface area contributed by atoms with Gasteiger partial charge in [-0.15, -0.1) is 0 Å². The summed E-state index contributed by atoms with van der Waals surface area (Å²) in [6, 6.07) is 1.11. The lowest BCUT2D eigenvalue weighted by Gasteiger charge is -2.11. The van der Waals surface area contributed by atoms with Crippen molar-refractivity contribution in [1.29, 1.82) is 0 Å². The molecule has 6 heteroatoms. The van der Waals surface area contributed by atoms with Crippen molar-refractivity contribution in [3.05, 3.63) is 23.4 Å². The number of aryl methyl sites for hydroxylation is 1. The van der Waals surface area contributed by atoms with Gasteiger partial charge in [0.1, 0.15) is 5.82 Å². The van der Waals surface area contributed by atoms with Gasteiger partial charge in [-0.25, -0.2) is 4.98 Å². The standard InChI is InChI=1S/C11H16F3N3/c1-7(15)3-2-4-8-5-9(11(12,13)14)10(16)17-6-8/h5-7H,2-4,15H2,1H3,(H2,16,17)/t7-/m0/s1. The van der Waals surface area contributed by atoms with Crippen molar-refractivity contribution >= 4 is 5.82 Å². The second-order valence-electron chi connectivity index (χ2n) is 4.14. The average molecular weight is 247 g/mol. The normalized spacial score (nSPS) is 13.7. The predicted octanol–water partition coefficient (Wildman–Crippen LogP) is 2.35. The third-order valence-electron chi connectivity index (χ3n) is 2.41. The molecule has 0 aromatic carbocycles. The summed E-state index contributed by atoms with van der Waals surface area (Å²) in [7, 11) is 0. The molecule has 1 heterocycles. The second-order valence-corrected chi connectivity index (χ2v) is 4.14. The number of hydrogen-bond donors (Lipinski definition) is 2. The molecule has 1 atom stereocenters. The summed E-state index contributed by atoms with van der Waals surface area (Å²) < 4.78 is 37.6. The lowest BCUT2D eigenvalue weighted by molar-refractivity contribution is -0.137. The number of nitrogen functional groups attached to an aromatic ring is 1. The summed E-state index contributed by atoms with van der Waals surface area (Å²) in [6.07, 6.45) is -1.04. The van der Waals surface area contributed by atoms with Crippen molar-refractivity contribution < 1.29 is 13.2 Å². The Balaban J connectivity index is 2.76. The third kappa shape index (κ3) is 4.22. The first-order valence-corrected chi connectivity index (χ1v) is 5.38. The first-order chi connectivity index (χ1) is 7.80. The van der Waals surface area contributed by atoms with Gasteiger partial charge in [0.25, 0.3) is 0 Å². The molecule has 0 saturated carbocycles. The molecular formula is C11H16F3N3. The molecule has 0 aliphatic heterocycles. The number of hydrogen-bond acceptors (Lipinski definition) is 3. The topological polar surface area (TPSA) is 64.9 Å². The smallest absolute Gasteiger partial charge is 0.383 e. The van der Waals surface area contributed by atoms with Gasteiger partial charge in [0.15, 0.2) is 0 Å². The Labute approximate surface area is 98.0 Å². The number of rotatable bonds is 4. The molecule has 0 aliphatic rings. The Hall–Kier alpha value is -1.30. The molecule has 0 aliphatic carbocycles. The van der Waals surface area contributed by atoms with E-state index >= 15 is 0 Å². The molecule has 0 spiro atoms. The Bertz CT molecular complexity index is 375. The summed E-state index contributed by atoms with van der Waals surface area (Å²) in [5, 5.41) is 0. The average Bonchev–Trinajstić information content (AvgIpc) is 2.18. The van der Waals surface area contributed by atoms with Gasteiger partial charge in [-0.1, -0.05) is 0 Å². The lowest BCUT2D eigenvalue weighted by atomic mass is 10.1.